The zero-order valence-electron chi connectivity index (χ0n) is 15.4. The van der Waals surface area contributed by atoms with E-state index in [-0.39, 0.29) is 6.03 Å². The summed E-state index contributed by atoms with van der Waals surface area (Å²) in [6.07, 6.45) is 3.57. The van der Waals surface area contributed by atoms with Crippen molar-refractivity contribution in [2.24, 2.45) is 7.05 Å². The summed E-state index contributed by atoms with van der Waals surface area (Å²) in [6.45, 7) is 5.19. The highest BCUT2D eigenvalue weighted by Crippen LogP contribution is 2.31. The highest BCUT2D eigenvalue weighted by molar-refractivity contribution is 5.75. The van der Waals surface area contributed by atoms with Crippen LogP contribution in [0, 0.1) is 0 Å². The summed E-state index contributed by atoms with van der Waals surface area (Å²) in [4.78, 5) is 18.7. The van der Waals surface area contributed by atoms with Gasteiger partial charge in [-0.3, -0.25) is 0 Å². The molecule has 0 radical (unpaired) electrons. The number of nitrogens with zero attached hydrogens (tertiary/aromatic N) is 3. The van der Waals surface area contributed by atoms with Gasteiger partial charge in [-0.25, -0.2) is 9.78 Å². The molecule has 2 aromatic rings. The van der Waals surface area contributed by atoms with Crippen LogP contribution >= 0.6 is 0 Å². The maximum absolute atomic E-state index is 12.6. The van der Waals surface area contributed by atoms with Crippen LogP contribution in [0.25, 0.3) is 0 Å². The van der Waals surface area contributed by atoms with E-state index in [0.717, 1.165) is 11.4 Å². The third-order valence-corrected chi connectivity index (χ3v) is 4.18. The van der Waals surface area contributed by atoms with Crippen LogP contribution in [-0.4, -0.2) is 47.8 Å². The number of aromatic nitrogens is 2. The zero-order chi connectivity index (χ0) is 18.4. The van der Waals surface area contributed by atoms with Crippen molar-refractivity contribution in [1.29, 1.82) is 0 Å². The molecule has 1 unspecified atom stereocenters. The van der Waals surface area contributed by atoms with Crippen molar-refractivity contribution < 1.29 is 14.3 Å². The molecule has 0 spiro atoms. The number of hydrogen-bond acceptors (Lipinski definition) is 4. The Balaban J connectivity index is 2.42. The van der Waals surface area contributed by atoms with E-state index in [1.165, 1.54) is 0 Å². The van der Waals surface area contributed by atoms with Crippen LogP contribution in [0.2, 0.25) is 0 Å². The standard InChI is InChI=1S/C18H26N4O3/c1-6-22(7-2)18(23)20-16(17-19-10-11-21(17)3)13-8-9-14(24-4)15(12-13)25-5/h8-12,16H,6-7H2,1-5H3,(H,20,23). The van der Waals surface area contributed by atoms with Crippen LogP contribution in [0.1, 0.15) is 31.3 Å². The Labute approximate surface area is 148 Å². The molecule has 0 aliphatic carbocycles. The molecule has 1 aromatic carbocycles. The van der Waals surface area contributed by atoms with Crippen LogP contribution in [0.15, 0.2) is 30.6 Å². The molecule has 0 saturated carbocycles. The van der Waals surface area contributed by atoms with E-state index in [1.807, 2.05) is 49.9 Å². The second-order valence-electron chi connectivity index (χ2n) is 5.57. The number of methoxy groups -OCH3 is 2. The van der Waals surface area contributed by atoms with Gasteiger partial charge >= 0.3 is 6.03 Å². The number of imidazole rings is 1. The molecule has 7 heteroatoms. The second-order valence-corrected chi connectivity index (χ2v) is 5.57. The molecule has 1 atom stereocenters. The lowest BCUT2D eigenvalue weighted by atomic mass is 10.1. The lowest BCUT2D eigenvalue weighted by Gasteiger charge is -2.25. The Morgan fingerprint density at radius 1 is 1.24 bits per heavy atom. The quantitative estimate of drug-likeness (QED) is 0.837. The number of aryl methyl sites for hydroxylation is 1. The summed E-state index contributed by atoms with van der Waals surface area (Å²) in [7, 11) is 5.08. The van der Waals surface area contributed by atoms with Gasteiger partial charge in [0.25, 0.3) is 0 Å². The average Bonchev–Trinajstić information content (AvgIpc) is 3.05. The van der Waals surface area contributed by atoms with E-state index in [4.69, 9.17) is 9.47 Å². The molecule has 2 amide bonds. The molecule has 136 valence electrons. The summed E-state index contributed by atoms with van der Waals surface area (Å²) < 4.78 is 12.6. The van der Waals surface area contributed by atoms with Gasteiger partial charge in [0, 0.05) is 32.5 Å². The van der Waals surface area contributed by atoms with Gasteiger partial charge in [-0.05, 0) is 31.5 Å². The average molecular weight is 346 g/mol. The summed E-state index contributed by atoms with van der Waals surface area (Å²) in [5.74, 6) is 1.99. The number of carbonyl (C=O) groups is 1. The number of ether oxygens (including phenoxy) is 2. The van der Waals surface area contributed by atoms with E-state index in [0.29, 0.717) is 24.6 Å². The Morgan fingerprint density at radius 3 is 2.44 bits per heavy atom. The largest absolute Gasteiger partial charge is 0.493 e. The lowest BCUT2D eigenvalue weighted by molar-refractivity contribution is 0.200. The predicted molar refractivity (Wildman–Crippen MR) is 96.0 cm³/mol. The molecule has 0 aliphatic rings. The van der Waals surface area contributed by atoms with Crippen LogP contribution in [0.5, 0.6) is 11.5 Å². The van der Waals surface area contributed by atoms with E-state index < -0.39 is 6.04 Å². The molecule has 2 rings (SSSR count). The molecule has 0 saturated heterocycles. The number of carbonyl (C=O) groups excluding carboxylic acids is 1. The first kappa shape index (κ1) is 18.6. The SMILES string of the molecule is CCN(CC)C(=O)NC(c1ccc(OC)c(OC)c1)c1nccn1C. The molecular formula is C18H26N4O3. The Bertz CT molecular complexity index is 710. The molecule has 7 nitrogen and oxygen atoms in total. The minimum absolute atomic E-state index is 0.132. The molecular weight excluding hydrogens is 320 g/mol. The van der Waals surface area contributed by atoms with Crippen LogP contribution in [0.3, 0.4) is 0 Å². The summed E-state index contributed by atoms with van der Waals surface area (Å²) in [5.41, 5.74) is 0.868. The van der Waals surface area contributed by atoms with Crippen molar-refractivity contribution >= 4 is 6.03 Å². The van der Waals surface area contributed by atoms with Crippen molar-refractivity contribution in [3.8, 4) is 11.5 Å². The van der Waals surface area contributed by atoms with E-state index in [9.17, 15) is 4.79 Å². The number of rotatable bonds is 7. The maximum atomic E-state index is 12.6. The van der Waals surface area contributed by atoms with Crippen molar-refractivity contribution in [3.63, 3.8) is 0 Å². The molecule has 0 fully saturated rings. The molecule has 1 N–H and O–H groups in total. The Hall–Kier alpha value is -2.70. The predicted octanol–water partition coefficient (Wildman–Crippen LogP) is 2.58. The fourth-order valence-corrected chi connectivity index (χ4v) is 2.71. The minimum Gasteiger partial charge on any atom is -0.493 e. The molecule has 25 heavy (non-hydrogen) atoms. The molecule has 1 aromatic heterocycles. The monoisotopic (exact) mass is 346 g/mol. The normalized spacial score (nSPS) is 11.7. The minimum atomic E-state index is -0.395. The van der Waals surface area contributed by atoms with Gasteiger partial charge < -0.3 is 24.3 Å². The highest BCUT2D eigenvalue weighted by atomic mass is 16.5. The number of nitrogens with one attached hydrogen (secondary N) is 1. The molecule has 0 bridgehead atoms. The molecule has 0 aliphatic heterocycles. The smallest absolute Gasteiger partial charge is 0.318 e. The third kappa shape index (κ3) is 4.04. The number of benzene rings is 1. The zero-order valence-corrected chi connectivity index (χ0v) is 15.4. The second kappa shape index (κ2) is 8.41. The third-order valence-electron chi connectivity index (χ3n) is 4.18. The van der Waals surface area contributed by atoms with Crippen LogP contribution in [-0.2, 0) is 7.05 Å². The van der Waals surface area contributed by atoms with Gasteiger partial charge in [0.1, 0.15) is 11.9 Å². The first-order valence-corrected chi connectivity index (χ1v) is 8.30. The van der Waals surface area contributed by atoms with Crippen LogP contribution in [0.4, 0.5) is 4.79 Å². The number of amides is 2. The topological polar surface area (TPSA) is 68.6 Å². The van der Waals surface area contributed by atoms with Gasteiger partial charge in [-0.15, -0.1) is 0 Å². The van der Waals surface area contributed by atoms with Gasteiger partial charge in [0.05, 0.1) is 14.2 Å². The highest BCUT2D eigenvalue weighted by Gasteiger charge is 2.24. The summed E-state index contributed by atoms with van der Waals surface area (Å²) >= 11 is 0. The lowest BCUT2D eigenvalue weighted by Crippen LogP contribution is -2.42. The van der Waals surface area contributed by atoms with Crippen molar-refractivity contribution in [2.45, 2.75) is 19.9 Å². The van der Waals surface area contributed by atoms with E-state index in [1.54, 1.807) is 25.3 Å². The Kier molecular flexibility index (Phi) is 6.27. The molecule has 1 heterocycles. The summed E-state index contributed by atoms with van der Waals surface area (Å²) in [6, 6.07) is 5.07. The maximum Gasteiger partial charge on any atom is 0.318 e. The van der Waals surface area contributed by atoms with Gasteiger partial charge in [-0.2, -0.15) is 0 Å². The van der Waals surface area contributed by atoms with Crippen molar-refractivity contribution in [2.75, 3.05) is 27.3 Å². The van der Waals surface area contributed by atoms with Gasteiger partial charge in [-0.1, -0.05) is 6.07 Å². The Morgan fingerprint density at radius 2 is 1.92 bits per heavy atom. The first-order chi connectivity index (χ1) is 12.0. The van der Waals surface area contributed by atoms with Crippen molar-refractivity contribution in [1.82, 2.24) is 19.8 Å². The van der Waals surface area contributed by atoms with Crippen molar-refractivity contribution in [3.05, 3.63) is 42.0 Å². The fourth-order valence-electron chi connectivity index (χ4n) is 2.71. The first-order valence-electron chi connectivity index (χ1n) is 8.30. The summed E-state index contributed by atoms with van der Waals surface area (Å²) in [5, 5.41) is 3.07. The number of urea groups is 1. The van der Waals surface area contributed by atoms with Crippen LogP contribution < -0.4 is 14.8 Å². The fraction of sp³-hybridized carbons (Fsp3) is 0.444. The van der Waals surface area contributed by atoms with Gasteiger partial charge in [0.2, 0.25) is 0 Å². The van der Waals surface area contributed by atoms with E-state index in [2.05, 4.69) is 10.3 Å². The van der Waals surface area contributed by atoms with Gasteiger partial charge in [0.15, 0.2) is 11.5 Å². The number of hydrogen-bond donors (Lipinski definition) is 1. The van der Waals surface area contributed by atoms with E-state index >= 15 is 0 Å².